The number of piperazine rings is 1. The van der Waals surface area contributed by atoms with E-state index in [4.69, 9.17) is 19.9 Å². The summed E-state index contributed by atoms with van der Waals surface area (Å²) in [6, 6.07) is 13.9. The van der Waals surface area contributed by atoms with Crippen LogP contribution in [0.5, 0.6) is 0 Å². The molecule has 4 heterocycles. The average Bonchev–Trinajstić information content (AvgIpc) is 3.39. The van der Waals surface area contributed by atoms with Gasteiger partial charge in [0.25, 0.3) is 0 Å². The van der Waals surface area contributed by atoms with Crippen molar-refractivity contribution in [1.82, 2.24) is 9.88 Å². The van der Waals surface area contributed by atoms with E-state index in [1.54, 1.807) is 6.26 Å². The van der Waals surface area contributed by atoms with E-state index in [0.717, 1.165) is 34.7 Å². The van der Waals surface area contributed by atoms with E-state index in [2.05, 4.69) is 49.6 Å². The first-order chi connectivity index (χ1) is 16.7. The summed E-state index contributed by atoms with van der Waals surface area (Å²) in [7, 11) is 0. The molecule has 7 heteroatoms. The highest BCUT2D eigenvalue weighted by Gasteiger charge is 2.37. The van der Waals surface area contributed by atoms with Gasteiger partial charge in [0.2, 0.25) is 0 Å². The van der Waals surface area contributed by atoms with Crippen LogP contribution in [-0.4, -0.2) is 40.2 Å². The number of nitrogens with zero attached hydrogens (tertiary/aromatic N) is 3. The Morgan fingerprint density at radius 1 is 1.09 bits per heavy atom. The van der Waals surface area contributed by atoms with Crippen LogP contribution >= 0.6 is 0 Å². The molecule has 3 N–H and O–H groups in total. The fourth-order valence-corrected chi connectivity index (χ4v) is 5.38. The topological polar surface area (TPSA) is 88.0 Å². The van der Waals surface area contributed by atoms with Crippen molar-refractivity contribution in [3.8, 4) is 0 Å². The minimum Gasteiger partial charge on any atom is -0.465 e. The first-order valence-electron chi connectivity index (χ1n) is 12.5. The van der Waals surface area contributed by atoms with Gasteiger partial charge in [-0.1, -0.05) is 44.2 Å². The minimum absolute atomic E-state index is 0.0513. The molecular weight excluding hydrogens is 440 g/mol. The molecule has 2 aliphatic heterocycles. The number of benzene rings is 1. The van der Waals surface area contributed by atoms with Gasteiger partial charge in [-0.2, -0.15) is 0 Å². The Morgan fingerprint density at radius 2 is 1.86 bits per heavy atom. The highest BCUT2D eigenvalue weighted by molar-refractivity contribution is 5.71. The molecule has 0 radical (unpaired) electrons. The van der Waals surface area contributed by atoms with Crippen molar-refractivity contribution in [2.75, 3.05) is 30.3 Å². The van der Waals surface area contributed by atoms with E-state index in [1.807, 2.05) is 30.3 Å². The molecule has 0 bridgehead atoms. The Balaban J connectivity index is 1.53. The minimum atomic E-state index is -0.824. The third kappa shape index (κ3) is 4.56. The molecule has 35 heavy (non-hydrogen) atoms. The fraction of sp³-hybridized carbons (Fsp3) is 0.464. The Labute approximate surface area is 207 Å². The highest BCUT2D eigenvalue weighted by Crippen LogP contribution is 2.41. The van der Waals surface area contributed by atoms with Crippen LogP contribution in [0.3, 0.4) is 0 Å². The SMILES string of the molecule is CC(C)c1nc(N2CCN(C(O)c3ccco3)C(c3ccccc3)C2)c(N)c2c1COC(C)(C)C2. The van der Waals surface area contributed by atoms with Gasteiger partial charge < -0.3 is 24.9 Å². The van der Waals surface area contributed by atoms with E-state index in [-0.39, 0.29) is 17.6 Å². The molecule has 0 spiro atoms. The zero-order chi connectivity index (χ0) is 24.7. The van der Waals surface area contributed by atoms with Crippen molar-refractivity contribution < 1.29 is 14.3 Å². The third-order valence-corrected chi connectivity index (χ3v) is 7.24. The Bertz CT molecular complexity index is 1160. The van der Waals surface area contributed by atoms with Crippen molar-refractivity contribution in [1.29, 1.82) is 0 Å². The fourth-order valence-electron chi connectivity index (χ4n) is 5.38. The van der Waals surface area contributed by atoms with E-state index in [1.165, 1.54) is 5.56 Å². The van der Waals surface area contributed by atoms with Crippen LogP contribution in [0, 0.1) is 0 Å². The van der Waals surface area contributed by atoms with E-state index >= 15 is 0 Å². The second-order valence-corrected chi connectivity index (χ2v) is 10.6. The molecule has 1 aromatic carbocycles. The molecule has 2 aromatic heterocycles. The molecule has 1 saturated heterocycles. The Kier molecular flexibility index (Phi) is 6.34. The number of hydrogen-bond acceptors (Lipinski definition) is 7. The smallest absolute Gasteiger partial charge is 0.167 e. The first-order valence-corrected chi connectivity index (χ1v) is 12.5. The lowest BCUT2D eigenvalue weighted by molar-refractivity contribution is -0.0472. The van der Waals surface area contributed by atoms with Crippen molar-refractivity contribution >= 4 is 11.5 Å². The molecule has 0 aliphatic carbocycles. The molecule has 0 amide bonds. The van der Waals surface area contributed by atoms with Crippen LogP contribution < -0.4 is 10.6 Å². The zero-order valence-electron chi connectivity index (χ0n) is 21.1. The summed E-state index contributed by atoms with van der Waals surface area (Å²) < 4.78 is 11.7. The molecule has 186 valence electrons. The number of aliphatic hydroxyl groups is 1. The molecule has 2 aliphatic rings. The number of aromatic nitrogens is 1. The van der Waals surface area contributed by atoms with Crippen LogP contribution in [0.2, 0.25) is 0 Å². The second-order valence-electron chi connectivity index (χ2n) is 10.6. The molecule has 5 rings (SSSR count). The predicted molar refractivity (Wildman–Crippen MR) is 137 cm³/mol. The summed E-state index contributed by atoms with van der Waals surface area (Å²) >= 11 is 0. The van der Waals surface area contributed by atoms with Crippen molar-refractivity contribution in [3.63, 3.8) is 0 Å². The van der Waals surface area contributed by atoms with Gasteiger partial charge >= 0.3 is 0 Å². The van der Waals surface area contributed by atoms with Gasteiger partial charge in [-0.3, -0.25) is 4.90 Å². The number of fused-ring (bicyclic) bond motifs is 1. The maximum Gasteiger partial charge on any atom is 0.167 e. The van der Waals surface area contributed by atoms with Crippen molar-refractivity contribution in [3.05, 3.63) is 76.9 Å². The van der Waals surface area contributed by atoms with Gasteiger partial charge in [0.1, 0.15) is 5.76 Å². The Hall–Kier alpha value is -2.87. The second kappa shape index (κ2) is 9.30. The molecular formula is C28H36N4O3. The first kappa shape index (κ1) is 23.9. The van der Waals surface area contributed by atoms with Gasteiger partial charge in [0, 0.05) is 31.6 Å². The lowest BCUT2D eigenvalue weighted by Gasteiger charge is -2.44. The number of anilines is 2. The lowest BCUT2D eigenvalue weighted by Crippen LogP contribution is -2.50. The van der Waals surface area contributed by atoms with Gasteiger partial charge in [-0.25, -0.2) is 4.98 Å². The van der Waals surface area contributed by atoms with Crippen LogP contribution in [0.1, 0.15) is 74.0 Å². The van der Waals surface area contributed by atoms with Crippen LogP contribution in [0.4, 0.5) is 11.5 Å². The molecule has 1 fully saturated rings. The van der Waals surface area contributed by atoms with Crippen molar-refractivity contribution in [2.45, 2.75) is 64.5 Å². The molecule has 2 unspecified atom stereocenters. The zero-order valence-corrected chi connectivity index (χ0v) is 21.1. The summed E-state index contributed by atoms with van der Waals surface area (Å²) in [5, 5.41) is 11.2. The Morgan fingerprint density at radius 3 is 2.54 bits per heavy atom. The number of furan rings is 1. The summed E-state index contributed by atoms with van der Waals surface area (Å²) in [6.07, 6.45) is 1.54. The van der Waals surface area contributed by atoms with Gasteiger partial charge in [-0.15, -0.1) is 0 Å². The van der Waals surface area contributed by atoms with Gasteiger partial charge in [-0.05, 0) is 43.0 Å². The van der Waals surface area contributed by atoms with Crippen LogP contribution in [0.25, 0.3) is 0 Å². The summed E-state index contributed by atoms with van der Waals surface area (Å²) in [4.78, 5) is 9.51. The van der Waals surface area contributed by atoms with Gasteiger partial charge in [0.15, 0.2) is 12.0 Å². The molecule has 3 aromatic rings. The average molecular weight is 477 g/mol. The number of hydrogen-bond donors (Lipinski definition) is 2. The van der Waals surface area contributed by atoms with E-state index in [9.17, 15) is 5.11 Å². The monoisotopic (exact) mass is 476 g/mol. The quantitative estimate of drug-likeness (QED) is 0.548. The number of rotatable bonds is 5. The molecule has 0 saturated carbocycles. The standard InChI is InChI=1S/C28H36N4O3/c1-18(2)25-21-17-35-28(3,4)15-20(21)24(29)26(30-25)31-12-13-32(27(33)23-11-8-14-34-23)22(16-31)19-9-6-5-7-10-19/h5-11,14,18,22,27,33H,12-13,15-17,29H2,1-4H3. The largest absolute Gasteiger partial charge is 0.465 e. The third-order valence-electron chi connectivity index (χ3n) is 7.24. The van der Waals surface area contributed by atoms with Gasteiger partial charge in [0.05, 0.1) is 35.9 Å². The van der Waals surface area contributed by atoms with Crippen molar-refractivity contribution in [2.24, 2.45) is 0 Å². The van der Waals surface area contributed by atoms with Crippen LogP contribution in [-0.2, 0) is 17.8 Å². The van der Waals surface area contributed by atoms with E-state index < -0.39 is 6.23 Å². The highest BCUT2D eigenvalue weighted by atomic mass is 16.5. The number of aliphatic hydroxyl groups excluding tert-OH is 1. The molecule has 2 atom stereocenters. The number of nitrogen functional groups attached to an aromatic ring is 1. The molecule has 7 nitrogen and oxygen atoms in total. The number of pyridine rings is 1. The number of ether oxygens (including phenoxy) is 1. The van der Waals surface area contributed by atoms with Crippen LogP contribution in [0.15, 0.2) is 53.1 Å². The summed E-state index contributed by atoms with van der Waals surface area (Å²) in [5.41, 5.74) is 11.9. The summed E-state index contributed by atoms with van der Waals surface area (Å²) in [5.74, 6) is 1.66. The maximum atomic E-state index is 11.2. The number of nitrogens with two attached hydrogens (primary N) is 1. The lowest BCUT2D eigenvalue weighted by atomic mass is 9.87. The summed E-state index contributed by atoms with van der Waals surface area (Å²) in [6.45, 7) is 11.1. The maximum absolute atomic E-state index is 11.2. The predicted octanol–water partition coefficient (Wildman–Crippen LogP) is 4.79. The van der Waals surface area contributed by atoms with E-state index in [0.29, 0.717) is 32.0 Å². The normalized spacial score (nSPS) is 21.2.